The van der Waals surface area contributed by atoms with E-state index >= 15 is 0 Å². The largest absolute Gasteiger partial charge is 0.508 e. The Hall–Kier alpha value is -3.07. The SMILES string of the molecule is O=C(c1nccs1)C1CNCCN1C1CN(C(=O)c2ccc(-c3ccc(O)cc3)cc2)C1. The van der Waals surface area contributed by atoms with Crippen LogP contribution in [0.15, 0.2) is 60.1 Å². The summed E-state index contributed by atoms with van der Waals surface area (Å²) in [6.45, 7) is 3.49. The summed E-state index contributed by atoms with van der Waals surface area (Å²) in [5.74, 6) is 0.297. The number of hydrogen-bond acceptors (Lipinski definition) is 7. The van der Waals surface area contributed by atoms with Crippen molar-refractivity contribution in [2.75, 3.05) is 32.7 Å². The van der Waals surface area contributed by atoms with Crippen LogP contribution in [0.5, 0.6) is 5.75 Å². The quantitative estimate of drug-likeness (QED) is 0.584. The third-order valence-electron chi connectivity index (χ3n) is 6.18. The molecule has 8 heteroatoms. The molecule has 2 N–H and O–H groups in total. The van der Waals surface area contributed by atoms with Gasteiger partial charge in [0, 0.05) is 55.9 Å². The van der Waals surface area contributed by atoms with Crippen LogP contribution in [0.1, 0.15) is 20.2 Å². The molecule has 32 heavy (non-hydrogen) atoms. The number of Topliss-reactive ketones (excluding diaryl/α,β-unsaturated/α-hetero) is 1. The summed E-state index contributed by atoms with van der Waals surface area (Å²) < 4.78 is 0. The molecule has 7 nitrogen and oxygen atoms in total. The summed E-state index contributed by atoms with van der Waals surface area (Å²) in [6, 6.07) is 14.5. The van der Waals surface area contributed by atoms with E-state index in [1.165, 1.54) is 11.3 Å². The fourth-order valence-corrected chi connectivity index (χ4v) is 4.99. The summed E-state index contributed by atoms with van der Waals surface area (Å²) >= 11 is 1.37. The van der Waals surface area contributed by atoms with Crippen LogP contribution >= 0.6 is 11.3 Å². The number of aromatic hydroxyl groups is 1. The molecule has 3 heterocycles. The lowest BCUT2D eigenvalue weighted by atomic mass is 9.98. The zero-order chi connectivity index (χ0) is 22.1. The van der Waals surface area contributed by atoms with Gasteiger partial charge in [-0.25, -0.2) is 4.98 Å². The molecule has 1 atom stereocenters. The normalized spacial score (nSPS) is 19.5. The Labute approximate surface area is 190 Å². The standard InChI is InChI=1S/C24H24N4O3S/c29-20-7-5-17(6-8-20)16-1-3-18(4-2-16)24(31)27-14-19(15-27)28-11-9-25-13-21(28)22(30)23-26-10-12-32-23/h1-8,10,12,19,21,25,29H,9,11,13-15H2. The number of phenolic OH excluding ortho intramolecular Hbond substituents is 1. The van der Waals surface area contributed by atoms with E-state index in [4.69, 9.17) is 0 Å². The van der Waals surface area contributed by atoms with Crippen LogP contribution in [-0.4, -0.2) is 76.4 Å². The Morgan fingerprint density at radius 1 is 1.03 bits per heavy atom. The third kappa shape index (κ3) is 4.04. The van der Waals surface area contributed by atoms with Gasteiger partial charge in [-0.05, 0) is 35.4 Å². The zero-order valence-electron chi connectivity index (χ0n) is 17.5. The molecule has 164 valence electrons. The van der Waals surface area contributed by atoms with Crippen LogP contribution in [0.2, 0.25) is 0 Å². The van der Waals surface area contributed by atoms with Crippen molar-refractivity contribution in [2.24, 2.45) is 0 Å². The molecule has 2 aliphatic heterocycles. The highest BCUT2D eigenvalue weighted by Gasteiger charge is 2.41. The molecule has 2 fully saturated rings. The minimum Gasteiger partial charge on any atom is -0.508 e. The summed E-state index contributed by atoms with van der Waals surface area (Å²) in [6.07, 6.45) is 1.66. The maximum absolute atomic E-state index is 12.9. The second-order valence-corrected chi connectivity index (χ2v) is 9.04. The number of nitrogens with zero attached hydrogens (tertiary/aromatic N) is 3. The Balaban J connectivity index is 1.22. The number of phenols is 1. The number of hydrogen-bond donors (Lipinski definition) is 2. The smallest absolute Gasteiger partial charge is 0.253 e. The number of carbonyl (C=O) groups excluding carboxylic acids is 2. The van der Waals surface area contributed by atoms with Gasteiger partial charge in [-0.2, -0.15) is 0 Å². The number of nitrogens with one attached hydrogen (secondary N) is 1. The summed E-state index contributed by atoms with van der Waals surface area (Å²) in [7, 11) is 0. The number of piperazine rings is 1. The average Bonchev–Trinajstić information content (AvgIpc) is 3.34. The first-order valence-corrected chi connectivity index (χ1v) is 11.6. The van der Waals surface area contributed by atoms with E-state index in [0.717, 1.165) is 24.2 Å². The lowest BCUT2D eigenvalue weighted by Crippen LogP contribution is -2.68. The van der Waals surface area contributed by atoms with Gasteiger partial charge in [0.05, 0.1) is 6.04 Å². The van der Waals surface area contributed by atoms with Crippen LogP contribution in [0.3, 0.4) is 0 Å². The summed E-state index contributed by atoms with van der Waals surface area (Å²) in [4.78, 5) is 34.1. The van der Waals surface area contributed by atoms with E-state index in [0.29, 0.717) is 30.2 Å². The van der Waals surface area contributed by atoms with E-state index in [2.05, 4.69) is 15.2 Å². The monoisotopic (exact) mass is 448 g/mol. The molecule has 1 aromatic heterocycles. The molecule has 0 aliphatic carbocycles. The van der Waals surface area contributed by atoms with Crippen molar-refractivity contribution >= 4 is 23.0 Å². The number of likely N-dealkylation sites (tertiary alicyclic amines) is 1. The van der Waals surface area contributed by atoms with Crippen molar-refractivity contribution in [1.29, 1.82) is 0 Å². The van der Waals surface area contributed by atoms with Crippen LogP contribution in [0.4, 0.5) is 0 Å². The average molecular weight is 449 g/mol. The van der Waals surface area contributed by atoms with Crippen molar-refractivity contribution in [3.05, 3.63) is 70.7 Å². The third-order valence-corrected chi connectivity index (χ3v) is 6.97. The van der Waals surface area contributed by atoms with E-state index in [9.17, 15) is 14.7 Å². The maximum Gasteiger partial charge on any atom is 0.253 e. The van der Waals surface area contributed by atoms with Gasteiger partial charge in [0.2, 0.25) is 5.78 Å². The first-order valence-electron chi connectivity index (χ1n) is 10.7. The van der Waals surface area contributed by atoms with Gasteiger partial charge in [0.25, 0.3) is 5.91 Å². The van der Waals surface area contributed by atoms with Gasteiger partial charge in [-0.15, -0.1) is 11.3 Å². The number of aromatic nitrogens is 1. The van der Waals surface area contributed by atoms with Crippen LogP contribution in [0.25, 0.3) is 11.1 Å². The minimum absolute atomic E-state index is 0.0106. The summed E-state index contributed by atoms with van der Waals surface area (Å²) in [5.41, 5.74) is 2.63. The first-order chi connectivity index (χ1) is 15.6. The molecule has 2 aliphatic rings. The molecule has 5 rings (SSSR count). The fraction of sp³-hybridized carbons (Fsp3) is 0.292. The molecule has 1 amide bonds. The highest BCUT2D eigenvalue weighted by Crippen LogP contribution is 2.25. The second-order valence-electron chi connectivity index (χ2n) is 8.15. The van der Waals surface area contributed by atoms with Crippen LogP contribution < -0.4 is 5.32 Å². The van der Waals surface area contributed by atoms with E-state index in [-0.39, 0.29) is 29.5 Å². The Bertz CT molecular complexity index is 1090. The van der Waals surface area contributed by atoms with E-state index < -0.39 is 0 Å². The Morgan fingerprint density at radius 2 is 1.72 bits per heavy atom. The van der Waals surface area contributed by atoms with Gasteiger partial charge >= 0.3 is 0 Å². The van der Waals surface area contributed by atoms with E-state index in [1.807, 2.05) is 46.7 Å². The maximum atomic E-state index is 12.9. The number of carbonyl (C=O) groups is 2. The molecular formula is C24H24N4O3S. The van der Waals surface area contributed by atoms with Crippen molar-refractivity contribution in [3.63, 3.8) is 0 Å². The van der Waals surface area contributed by atoms with Gasteiger partial charge in [0.1, 0.15) is 5.75 Å². The molecule has 0 saturated carbocycles. The minimum atomic E-state index is -0.234. The molecule has 1 unspecified atom stereocenters. The first kappa shape index (κ1) is 20.8. The highest BCUT2D eigenvalue weighted by atomic mass is 32.1. The highest BCUT2D eigenvalue weighted by molar-refractivity contribution is 7.11. The Morgan fingerprint density at radius 3 is 2.38 bits per heavy atom. The van der Waals surface area contributed by atoms with Gasteiger partial charge in [-0.1, -0.05) is 24.3 Å². The van der Waals surface area contributed by atoms with Gasteiger partial charge in [-0.3, -0.25) is 14.5 Å². The van der Waals surface area contributed by atoms with Crippen molar-refractivity contribution in [3.8, 4) is 16.9 Å². The molecule has 0 bridgehead atoms. The molecule has 3 aromatic rings. The second kappa shape index (κ2) is 8.82. The van der Waals surface area contributed by atoms with Crippen molar-refractivity contribution < 1.29 is 14.7 Å². The predicted molar refractivity (Wildman–Crippen MR) is 123 cm³/mol. The molecule has 0 spiro atoms. The van der Waals surface area contributed by atoms with Gasteiger partial charge < -0.3 is 15.3 Å². The fourth-order valence-electron chi connectivity index (χ4n) is 4.36. The van der Waals surface area contributed by atoms with Crippen LogP contribution in [-0.2, 0) is 0 Å². The lowest BCUT2D eigenvalue weighted by Gasteiger charge is -2.49. The number of thiazole rings is 1. The number of amides is 1. The molecular weight excluding hydrogens is 424 g/mol. The number of benzene rings is 2. The predicted octanol–water partition coefficient (Wildman–Crippen LogP) is 2.50. The molecule has 2 saturated heterocycles. The van der Waals surface area contributed by atoms with Crippen LogP contribution in [0, 0.1) is 0 Å². The summed E-state index contributed by atoms with van der Waals surface area (Å²) in [5, 5.41) is 15.1. The van der Waals surface area contributed by atoms with E-state index in [1.54, 1.807) is 18.3 Å². The van der Waals surface area contributed by atoms with Crippen molar-refractivity contribution in [1.82, 2.24) is 20.1 Å². The topological polar surface area (TPSA) is 85.8 Å². The number of rotatable bonds is 5. The Kier molecular flexibility index (Phi) is 5.73. The number of ketones is 1. The van der Waals surface area contributed by atoms with Crippen molar-refractivity contribution in [2.45, 2.75) is 12.1 Å². The van der Waals surface area contributed by atoms with Gasteiger partial charge in [0.15, 0.2) is 5.01 Å². The zero-order valence-corrected chi connectivity index (χ0v) is 18.3. The molecule has 0 radical (unpaired) electrons. The molecule has 2 aromatic carbocycles. The lowest BCUT2D eigenvalue weighted by molar-refractivity contribution is 0.00521.